The van der Waals surface area contributed by atoms with Crippen molar-refractivity contribution in [3.8, 4) is 0 Å². The Balaban J connectivity index is 1.12. The van der Waals surface area contributed by atoms with Gasteiger partial charge in [0.05, 0.1) is 0 Å². The topological polar surface area (TPSA) is 3.24 Å². The van der Waals surface area contributed by atoms with E-state index in [-0.39, 0.29) is 0 Å². The van der Waals surface area contributed by atoms with Crippen molar-refractivity contribution < 1.29 is 0 Å². The molecule has 6 rings (SSSR count). The van der Waals surface area contributed by atoms with Crippen molar-refractivity contribution in [3.63, 3.8) is 0 Å². The third-order valence-electron chi connectivity index (χ3n) is 12.6. The molecule has 6 fully saturated rings. The molecule has 1 nitrogen and oxygen atoms in total. The third-order valence-corrected chi connectivity index (χ3v) is 12.6. The van der Waals surface area contributed by atoms with E-state index in [4.69, 9.17) is 0 Å². The van der Waals surface area contributed by atoms with Gasteiger partial charge in [-0.2, -0.15) is 0 Å². The Morgan fingerprint density at radius 1 is 0.457 bits per heavy atom. The van der Waals surface area contributed by atoms with Gasteiger partial charge in [-0.25, -0.2) is 0 Å². The minimum Gasteiger partial charge on any atom is -0.294 e. The second kappa shape index (κ2) is 11.2. The van der Waals surface area contributed by atoms with E-state index in [0.717, 1.165) is 65.5 Å². The molecule has 0 heterocycles. The molecule has 0 N–H and O–H groups in total. The standard InChI is InChI=1S/C34H57N/c1-24-10-14-26(15-11-24)16-17-27-18-22-29(23-19-27)35(28-20-12-25(2)13-21-28)33-9-5-8-32-30-6-3-4-7-31(30)34(32)33/h16-17,24-34H,3-15,18-23H2,1-2H3/b17-16+. The van der Waals surface area contributed by atoms with Crippen LogP contribution in [0.5, 0.6) is 0 Å². The predicted molar refractivity (Wildman–Crippen MR) is 149 cm³/mol. The monoisotopic (exact) mass is 479 g/mol. The lowest BCUT2D eigenvalue weighted by Gasteiger charge is -2.63. The summed E-state index contributed by atoms with van der Waals surface area (Å²) < 4.78 is 0. The van der Waals surface area contributed by atoms with Gasteiger partial charge in [-0.15, -0.1) is 0 Å². The lowest BCUT2D eigenvalue weighted by atomic mass is 9.46. The summed E-state index contributed by atoms with van der Waals surface area (Å²) in [5.41, 5.74) is 0. The molecule has 0 aromatic rings. The molecular formula is C34H57N. The van der Waals surface area contributed by atoms with Gasteiger partial charge in [-0.05, 0) is 137 Å². The van der Waals surface area contributed by atoms with Crippen LogP contribution < -0.4 is 0 Å². The molecule has 0 aromatic carbocycles. The summed E-state index contributed by atoms with van der Waals surface area (Å²) in [6.45, 7) is 4.97. The van der Waals surface area contributed by atoms with E-state index >= 15 is 0 Å². The number of hydrogen-bond donors (Lipinski definition) is 0. The van der Waals surface area contributed by atoms with Crippen LogP contribution in [0.4, 0.5) is 0 Å². The minimum absolute atomic E-state index is 0.879. The predicted octanol–water partition coefficient (Wildman–Crippen LogP) is 9.41. The van der Waals surface area contributed by atoms with E-state index in [1.54, 1.807) is 19.3 Å². The van der Waals surface area contributed by atoms with Gasteiger partial charge in [0.1, 0.15) is 0 Å². The second-order valence-corrected chi connectivity index (χ2v) is 14.7. The molecule has 0 saturated heterocycles. The molecule has 198 valence electrons. The van der Waals surface area contributed by atoms with Gasteiger partial charge < -0.3 is 0 Å². The van der Waals surface area contributed by atoms with Crippen molar-refractivity contribution in [2.45, 2.75) is 154 Å². The molecule has 6 aliphatic carbocycles. The van der Waals surface area contributed by atoms with Crippen LogP contribution in [0, 0.1) is 47.3 Å². The highest BCUT2D eigenvalue weighted by Gasteiger charge is 2.56. The minimum atomic E-state index is 0.879. The summed E-state index contributed by atoms with van der Waals surface area (Å²) in [7, 11) is 0. The molecule has 6 saturated carbocycles. The molecule has 0 spiro atoms. The summed E-state index contributed by atoms with van der Waals surface area (Å²) in [5, 5.41) is 0. The average molecular weight is 480 g/mol. The number of nitrogens with zero attached hydrogens (tertiary/aromatic N) is 1. The molecule has 0 aromatic heterocycles. The summed E-state index contributed by atoms with van der Waals surface area (Å²) in [6.07, 6.45) is 34.0. The van der Waals surface area contributed by atoms with Gasteiger partial charge in [-0.3, -0.25) is 4.90 Å². The van der Waals surface area contributed by atoms with Crippen LogP contribution in [-0.4, -0.2) is 23.0 Å². The van der Waals surface area contributed by atoms with Crippen LogP contribution in [0.1, 0.15) is 136 Å². The maximum atomic E-state index is 3.29. The van der Waals surface area contributed by atoms with Crippen LogP contribution in [-0.2, 0) is 0 Å². The van der Waals surface area contributed by atoms with E-state index in [0.29, 0.717) is 0 Å². The quantitative estimate of drug-likeness (QED) is 0.355. The van der Waals surface area contributed by atoms with Crippen molar-refractivity contribution >= 4 is 0 Å². The molecule has 0 amide bonds. The first-order valence-electron chi connectivity index (χ1n) is 16.6. The molecule has 5 unspecified atom stereocenters. The Labute approximate surface area is 218 Å². The highest BCUT2D eigenvalue weighted by molar-refractivity contribution is 5.08. The van der Waals surface area contributed by atoms with E-state index in [2.05, 4.69) is 30.9 Å². The van der Waals surface area contributed by atoms with Crippen molar-refractivity contribution in [1.29, 1.82) is 0 Å². The van der Waals surface area contributed by atoms with Crippen LogP contribution in [0.3, 0.4) is 0 Å². The molecule has 6 aliphatic rings. The maximum Gasteiger partial charge on any atom is 0.0135 e. The zero-order chi connectivity index (χ0) is 23.8. The van der Waals surface area contributed by atoms with Crippen LogP contribution in [0.25, 0.3) is 0 Å². The van der Waals surface area contributed by atoms with Crippen molar-refractivity contribution in [3.05, 3.63) is 12.2 Å². The van der Waals surface area contributed by atoms with Crippen LogP contribution >= 0.6 is 0 Å². The Hall–Kier alpha value is -0.300. The molecule has 1 heteroatoms. The van der Waals surface area contributed by atoms with Gasteiger partial charge >= 0.3 is 0 Å². The fourth-order valence-corrected chi connectivity index (χ4v) is 10.5. The summed E-state index contributed by atoms with van der Waals surface area (Å²) >= 11 is 0. The first kappa shape index (κ1) is 25.0. The van der Waals surface area contributed by atoms with Gasteiger partial charge in [0, 0.05) is 18.1 Å². The lowest BCUT2D eigenvalue weighted by molar-refractivity contribution is -0.144. The van der Waals surface area contributed by atoms with Gasteiger partial charge in [0.15, 0.2) is 0 Å². The Kier molecular flexibility index (Phi) is 8.01. The largest absolute Gasteiger partial charge is 0.294 e. The molecule has 5 atom stereocenters. The van der Waals surface area contributed by atoms with E-state index < -0.39 is 0 Å². The van der Waals surface area contributed by atoms with Gasteiger partial charge in [0.2, 0.25) is 0 Å². The number of hydrogen-bond acceptors (Lipinski definition) is 1. The first-order valence-corrected chi connectivity index (χ1v) is 16.6. The van der Waals surface area contributed by atoms with Crippen molar-refractivity contribution in [2.75, 3.05) is 0 Å². The molecular weight excluding hydrogens is 422 g/mol. The maximum absolute atomic E-state index is 3.29. The van der Waals surface area contributed by atoms with Crippen LogP contribution in [0.2, 0.25) is 0 Å². The fraction of sp³-hybridized carbons (Fsp3) is 0.941. The highest BCUT2D eigenvalue weighted by atomic mass is 15.2. The Morgan fingerprint density at radius 2 is 0.914 bits per heavy atom. The molecule has 35 heavy (non-hydrogen) atoms. The van der Waals surface area contributed by atoms with Crippen LogP contribution in [0.15, 0.2) is 12.2 Å². The van der Waals surface area contributed by atoms with Gasteiger partial charge in [-0.1, -0.05) is 58.1 Å². The number of allylic oxidation sites excluding steroid dienone is 2. The summed E-state index contributed by atoms with van der Waals surface area (Å²) in [4.78, 5) is 3.29. The SMILES string of the molecule is CC1CCC(/C=C/C2CCC(N(C3CCC(C)CC3)C3CCCC4C5CCCCC5C43)CC2)CC1. The Morgan fingerprint density at radius 3 is 1.51 bits per heavy atom. The second-order valence-electron chi connectivity index (χ2n) is 14.7. The number of rotatable bonds is 5. The van der Waals surface area contributed by atoms with Gasteiger partial charge in [0.25, 0.3) is 0 Å². The zero-order valence-corrected chi connectivity index (χ0v) is 23.4. The third kappa shape index (κ3) is 5.33. The van der Waals surface area contributed by atoms with E-state index in [9.17, 15) is 0 Å². The summed E-state index contributed by atoms with van der Waals surface area (Å²) in [6, 6.07) is 2.77. The number of fused-ring (bicyclic) bond motifs is 4. The fourth-order valence-electron chi connectivity index (χ4n) is 10.5. The normalized spacial score (nSPS) is 48.8. The van der Waals surface area contributed by atoms with Crippen molar-refractivity contribution in [1.82, 2.24) is 4.90 Å². The smallest absolute Gasteiger partial charge is 0.0135 e. The lowest BCUT2D eigenvalue weighted by Crippen LogP contribution is -2.63. The molecule has 0 radical (unpaired) electrons. The average Bonchev–Trinajstić information content (AvgIpc) is 2.89. The van der Waals surface area contributed by atoms with E-state index in [1.807, 2.05) is 0 Å². The Bertz CT molecular complexity index is 677. The highest BCUT2D eigenvalue weighted by Crippen LogP contribution is 2.60. The summed E-state index contributed by atoms with van der Waals surface area (Å²) in [5.74, 6) is 8.16. The first-order chi connectivity index (χ1) is 17.2. The van der Waals surface area contributed by atoms with E-state index in [1.165, 1.54) is 103 Å². The molecule has 0 bridgehead atoms. The van der Waals surface area contributed by atoms with Crippen molar-refractivity contribution in [2.24, 2.45) is 47.3 Å². The zero-order valence-electron chi connectivity index (χ0n) is 23.4. The molecule has 0 aliphatic heterocycles.